The summed E-state index contributed by atoms with van der Waals surface area (Å²) in [5.74, 6) is 1.02. The summed E-state index contributed by atoms with van der Waals surface area (Å²) in [7, 11) is 0. The first kappa shape index (κ1) is 26.9. The van der Waals surface area contributed by atoms with Crippen LogP contribution in [0.2, 0.25) is 0 Å². The molecule has 36 heavy (non-hydrogen) atoms. The number of amides is 1. The minimum absolute atomic E-state index is 0.117. The van der Waals surface area contributed by atoms with E-state index >= 15 is 0 Å². The average molecular weight is 507 g/mol. The number of rotatable bonds is 5. The van der Waals surface area contributed by atoms with Crippen molar-refractivity contribution in [2.75, 3.05) is 62.2 Å². The van der Waals surface area contributed by atoms with Gasteiger partial charge in [0.25, 0.3) is 5.56 Å². The maximum absolute atomic E-state index is 12.7. The fourth-order valence-electron chi connectivity index (χ4n) is 4.03. The number of nitrogens with one attached hydrogen (secondary N) is 2. The second kappa shape index (κ2) is 12.3. The number of anilines is 2. The van der Waals surface area contributed by atoms with Crippen LogP contribution in [0.15, 0.2) is 29.3 Å². The molecule has 0 bridgehead atoms. The SMILES string of the molecule is CCNCC(=O)N1CCN(c2ccc(C#N)cn2)CC1.O=c1[nH]ncc(N2CCCC2)c1C(F)(F)F. The summed E-state index contributed by atoms with van der Waals surface area (Å²) >= 11 is 0. The number of carbonyl (C=O) groups is 1. The molecule has 4 rings (SSSR count). The van der Waals surface area contributed by atoms with E-state index < -0.39 is 17.3 Å². The highest BCUT2D eigenvalue weighted by Gasteiger charge is 2.39. The van der Waals surface area contributed by atoms with Gasteiger partial charge >= 0.3 is 6.18 Å². The van der Waals surface area contributed by atoms with E-state index in [1.807, 2.05) is 23.0 Å². The fraction of sp³-hybridized carbons (Fsp3) is 0.522. The van der Waals surface area contributed by atoms with E-state index in [0.29, 0.717) is 38.3 Å². The van der Waals surface area contributed by atoms with Crippen LogP contribution < -0.4 is 20.7 Å². The van der Waals surface area contributed by atoms with Gasteiger partial charge in [-0.15, -0.1) is 0 Å². The topological polar surface area (TPSA) is 121 Å². The first-order chi connectivity index (χ1) is 17.2. The van der Waals surface area contributed by atoms with Crippen LogP contribution in [-0.2, 0) is 11.0 Å². The number of piperazine rings is 1. The third kappa shape index (κ3) is 6.94. The number of aromatic amines is 1. The zero-order chi connectivity index (χ0) is 26.1. The molecule has 4 heterocycles. The third-order valence-corrected chi connectivity index (χ3v) is 5.93. The Kier molecular flexibility index (Phi) is 9.24. The predicted octanol–water partition coefficient (Wildman–Crippen LogP) is 1.60. The quantitative estimate of drug-likeness (QED) is 0.628. The molecule has 2 aliphatic heterocycles. The third-order valence-electron chi connectivity index (χ3n) is 5.93. The van der Waals surface area contributed by atoms with Gasteiger partial charge in [0.1, 0.15) is 17.5 Å². The maximum Gasteiger partial charge on any atom is 0.423 e. The lowest BCUT2D eigenvalue weighted by Gasteiger charge is -2.35. The number of nitriles is 1. The van der Waals surface area contributed by atoms with Gasteiger partial charge < -0.3 is 20.0 Å². The molecule has 0 spiro atoms. The van der Waals surface area contributed by atoms with E-state index in [1.54, 1.807) is 17.2 Å². The number of halogens is 3. The summed E-state index contributed by atoms with van der Waals surface area (Å²) in [6.45, 7) is 7.25. The van der Waals surface area contributed by atoms with Gasteiger partial charge in [-0.3, -0.25) is 9.59 Å². The van der Waals surface area contributed by atoms with Crippen LogP contribution in [-0.4, -0.2) is 78.3 Å². The Morgan fingerprint density at radius 1 is 1.11 bits per heavy atom. The van der Waals surface area contributed by atoms with Crippen molar-refractivity contribution in [1.29, 1.82) is 5.26 Å². The van der Waals surface area contributed by atoms with Crippen LogP contribution in [0.3, 0.4) is 0 Å². The lowest BCUT2D eigenvalue weighted by molar-refractivity contribution is -0.138. The Morgan fingerprint density at radius 3 is 2.36 bits per heavy atom. The van der Waals surface area contributed by atoms with Crippen molar-refractivity contribution < 1.29 is 18.0 Å². The van der Waals surface area contributed by atoms with E-state index in [-0.39, 0.29) is 11.6 Å². The number of alkyl halides is 3. The van der Waals surface area contributed by atoms with Crippen LogP contribution >= 0.6 is 0 Å². The molecule has 1 amide bonds. The highest BCUT2D eigenvalue weighted by molar-refractivity contribution is 5.78. The predicted molar refractivity (Wildman–Crippen MR) is 128 cm³/mol. The molecule has 2 N–H and O–H groups in total. The van der Waals surface area contributed by atoms with Crippen LogP contribution in [0, 0.1) is 11.3 Å². The highest BCUT2D eigenvalue weighted by atomic mass is 19.4. The molecule has 2 aromatic heterocycles. The monoisotopic (exact) mass is 506 g/mol. The maximum atomic E-state index is 12.7. The summed E-state index contributed by atoms with van der Waals surface area (Å²) < 4.78 is 38.1. The first-order valence-electron chi connectivity index (χ1n) is 11.7. The number of pyridine rings is 1. The molecule has 0 saturated carbocycles. The number of nitrogens with zero attached hydrogens (tertiary/aromatic N) is 6. The normalized spacial score (nSPS) is 15.8. The van der Waals surface area contributed by atoms with E-state index in [0.717, 1.165) is 44.5 Å². The lowest BCUT2D eigenvalue weighted by atomic mass is 10.2. The van der Waals surface area contributed by atoms with Gasteiger partial charge in [0.05, 0.1) is 24.0 Å². The average Bonchev–Trinajstić information content (AvgIpc) is 3.42. The summed E-state index contributed by atoms with van der Waals surface area (Å²) in [4.78, 5) is 32.9. The van der Waals surface area contributed by atoms with Crippen molar-refractivity contribution in [1.82, 2.24) is 25.4 Å². The van der Waals surface area contributed by atoms with E-state index in [9.17, 15) is 22.8 Å². The number of hydrogen-bond acceptors (Lipinski definition) is 8. The summed E-state index contributed by atoms with van der Waals surface area (Å²) in [6.07, 6.45) is -0.323. The van der Waals surface area contributed by atoms with Crippen LogP contribution in [0.25, 0.3) is 0 Å². The van der Waals surface area contributed by atoms with E-state index in [1.165, 1.54) is 0 Å². The number of likely N-dealkylation sites (N-methyl/N-ethyl adjacent to an activating group) is 1. The Hall–Kier alpha value is -3.66. The Bertz CT molecular complexity index is 1100. The molecule has 0 radical (unpaired) electrons. The minimum Gasteiger partial charge on any atom is -0.370 e. The minimum atomic E-state index is -4.64. The molecule has 10 nitrogen and oxygen atoms in total. The van der Waals surface area contributed by atoms with Crippen molar-refractivity contribution in [3.05, 3.63) is 46.0 Å². The van der Waals surface area contributed by atoms with Gasteiger partial charge in [-0.2, -0.15) is 23.5 Å². The highest BCUT2D eigenvalue weighted by Crippen LogP contribution is 2.34. The van der Waals surface area contributed by atoms with Crippen LogP contribution in [0.1, 0.15) is 30.9 Å². The second-order valence-corrected chi connectivity index (χ2v) is 8.32. The van der Waals surface area contributed by atoms with Crippen molar-refractivity contribution in [2.24, 2.45) is 0 Å². The molecule has 2 fully saturated rings. The zero-order valence-electron chi connectivity index (χ0n) is 20.0. The molecule has 2 saturated heterocycles. The molecule has 0 aliphatic carbocycles. The molecule has 0 atom stereocenters. The van der Waals surface area contributed by atoms with Gasteiger partial charge in [0, 0.05) is 45.5 Å². The van der Waals surface area contributed by atoms with Gasteiger partial charge in [0.2, 0.25) is 5.91 Å². The van der Waals surface area contributed by atoms with Gasteiger partial charge in [-0.05, 0) is 31.5 Å². The lowest BCUT2D eigenvalue weighted by Crippen LogP contribution is -2.51. The van der Waals surface area contributed by atoms with Gasteiger partial charge in [-0.1, -0.05) is 6.92 Å². The molecule has 2 aliphatic rings. The summed E-state index contributed by atoms with van der Waals surface area (Å²) in [5.41, 5.74) is -1.89. The Balaban J connectivity index is 0.000000205. The van der Waals surface area contributed by atoms with E-state index in [4.69, 9.17) is 5.26 Å². The molecule has 13 heteroatoms. The van der Waals surface area contributed by atoms with Crippen molar-refractivity contribution in [3.63, 3.8) is 0 Å². The van der Waals surface area contributed by atoms with E-state index in [2.05, 4.69) is 26.4 Å². The van der Waals surface area contributed by atoms with Gasteiger partial charge in [-0.25, -0.2) is 10.1 Å². The van der Waals surface area contributed by atoms with Gasteiger partial charge in [0.15, 0.2) is 0 Å². The molecular weight excluding hydrogens is 477 g/mol. The smallest absolute Gasteiger partial charge is 0.370 e. The van der Waals surface area contributed by atoms with Crippen molar-refractivity contribution >= 4 is 17.4 Å². The number of hydrogen-bond donors (Lipinski definition) is 2. The molecular formula is C23H29F3N8O2. The fourth-order valence-corrected chi connectivity index (χ4v) is 4.03. The summed E-state index contributed by atoms with van der Waals surface area (Å²) in [6, 6.07) is 5.68. The Labute approximate surface area is 206 Å². The number of H-pyrrole nitrogens is 1. The Morgan fingerprint density at radius 2 is 1.81 bits per heavy atom. The molecule has 0 unspecified atom stereocenters. The van der Waals surface area contributed by atoms with Crippen molar-refractivity contribution in [3.8, 4) is 6.07 Å². The van der Waals surface area contributed by atoms with Crippen LogP contribution in [0.5, 0.6) is 0 Å². The zero-order valence-corrected chi connectivity index (χ0v) is 20.0. The summed E-state index contributed by atoms with van der Waals surface area (Å²) in [5, 5.41) is 17.0. The number of carbonyl (C=O) groups excluding carboxylic acids is 1. The molecule has 2 aromatic rings. The van der Waals surface area contributed by atoms with Crippen molar-refractivity contribution in [2.45, 2.75) is 25.9 Å². The molecule has 0 aromatic carbocycles. The molecule has 194 valence electrons. The number of aromatic nitrogens is 3. The standard InChI is InChI=1S/C14H19N5O.C9H10F3N3O/c1-2-16-11-14(20)19-7-5-18(6-8-19)13-4-3-12(9-15)10-17-13;10-9(11,12)7-6(5-13-14-8(7)16)15-3-1-2-4-15/h3-4,10,16H,2,5-8,11H2,1H3;5H,1-4H2,(H,14,16). The first-order valence-corrected chi connectivity index (χ1v) is 11.7. The van der Waals surface area contributed by atoms with Crippen LogP contribution in [0.4, 0.5) is 24.7 Å². The largest absolute Gasteiger partial charge is 0.423 e. The second-order valence-electron chi connectivity index (χ2n) is 8.32.